The summed E-state index contributed by atoms with van der Waals surface area (Å²) in [5.41, 5.74) is 0. The maximum Gasteiger partial charge on any atom is 0.306 e. The Bertz CT molecular complexity index is 134. The zero-order valence-electron chi connectivity index (χ0n) is 8.04. The van der Waals surface area contributed by atoms with Gasteiger partial charge in [-0.1, -0.05) is 6.92 Å². The summed E-state index contributed by atoms with van der Waals surface area (Å²) in [6.45, 7) is 6.33. The Hall–Kier alpha value is -0.570. The SMILES string of the molecule is CCOC(C)CCC(C)C(=O)O. The van der Waals surface area contributed by atoms with Crippen LogP contribution >= 0.6 is 0 Å². The van der Waals surface area contributed by atoms with Gasteiger partial charge in [0.05, 0.1) is 12.0 Å². The van der Waals surface area contributed by atoms with Crippen LogP contribution in [-0.4, -0.2) is 23.8 Å². The molecule has 3 heteroatoms. The molecule has 0 amide bonds. The summed E-state index contributed by atoms with van der Waals surface area (Å²) in [4.78, 5) is 10.4. The van der Waals surface area contributed by atoms with E-state index in [4.69, 9.17) is 9.84 Å². The molecule has 0 aromatic rings. The maximum absolute atomic E-state index is 10.4. The molecule has 3 nitrogen and oxygen atoms in total. The van der Waals surface area contributed by atoms with Crippen molar-refractivity contribution in [2.24, 2.45) is 5.92 Å². The quantitative estimate of drug-likeness (QED) is 0.669. The van der Waals surface area contributed by atoms with Gasteiger partial charge in [0.15, 0.2) is 0 Å². The Morgan fingerprint density at radius 1 is 1.42 bits per heavy atom. The van der Waals surface area contributed by atoms with Crippen LogP contribution in [0.3, 0.4) is 0 Å². The molecule has 0 aromatic heterocycles. The van der Waals surface area contributed by atoms with Gasteiger partial charge >= 0.3 is 5.97 Å². The van der Waals surface area contributed by atoms with Crippen molar-refractivity contribution in [3.8, 4) is 0 Å². The first-order valence-electron chi connectivity index (χ1n) is 4.42. The molecular weight excluding hydrogens is 156 g/mol. The zero-order valence-corrected chi connectivity index (χ0v) is 8.04. The molecule has 0 aromatic carbocycles. The van der Waals surface area contributed by atoms with Gasteiger partial charge in [0.2, 0.25) is 0 Å². The van der Waals surface area contributed by atoms with E-state index in [-0.39, 0.29) is 12.0 Å². The van der Waals surface area contributed by atoms with Crippen molar-refractivity contribution in [2.75, 3.05) is 6.61 Å². The van der Waals surface area contributed by atoms with Crippen LogP contribution in [0.25, 0.3) is 0 Å². The Morgan fingerprint density at radius 3 is 2.42 bits per heavy atom. The van der Waals surface area contributed by atoms with Crippen molar-refractivity contribution in [1.82, 2.24) is 0 Å². The van der Waals surface area contributed by atoms with E-state index in [2.05, 4.69) is 0 Å². The van der Waals surface area contributed by atoms with E-state index in [1.54, 1.807) is 6.92 Å². The third kappa shape index (κ3) is 5.13. The minimum absolute atomic E-state index is 0.178. The topological polar surface area (TPSA) is 46.5 Å². The number of rotatable bonds is 6. The molecule has 2 unspecified atom stereocenters. The summed E-state index contributed by atoms with van der Waals surface area (Å²) in [6, 6.07) is 0. The predicted octanol–water partition coefficient (Wildman–Crippen LogP) is 1.91. The van der Waals surface area contributed by atoms with Crippen molar-refractivity contribution in [3.63, 3.8) is 0 Å². The van der Waals surface area contributed by atoms with Crippen molar-refractivity contribution in [2.45, 2.75) is 39.7 Å². The molecule has 0 fully saturated rings. The lowest BCUT2D eigenvalue weighted by molar-refractivity contribution is -0.141. The zero-order chi connectivity index (χ0) is 9.56. The normalized spacial score (nSPS) is 15.6. The van der Waals surface area contributed by atoms with Crippen LogP contribution in [-0.2, 0) is 9.53 Å². The van der Waals surface area contributed by atoms with Gasteiger partial charge in [0, 0.05) is 6.61 Å². The monoisotopic (exact) mass is 174 g/mol. The van der Waals surface area contributed by atoms with Gasteiger partial charge in [-0.2, -0.15) is 0 Å². The van der Waals surface area contributed by atoms with E-state index < -0.39 is 5.97 Å². The maximum atomic E-state index is 10.4. The highest BCUT2D eigenvalue weighted by Crippen LogP contribution is 2.09. The van der Waals surface area contributed by atoms with Crippen LogP contribution in [0.15, 0.2) is 0 Å². The Kier molecular flexibility index (Phi) is 5.72. The number of aliphatic carboxylic acids is 1. The largest absolute Gasteiger partial charge is 0.481 e. The molecule has 0 saturated heterocycles. The van der Waals surface area contributed by atoms with E-state index in [0.29, 0.717) is 13.0 Å². The lowest BCUT2D eigenvalue weighted by Gasteiger charge is -2.12. The summed E-state index contributed by atoms with van der Waals surface area (Å²) in [5.74, 6) is -0.980. The van der Waals surface area contributed by atoms with Crippen LogP contribution in [0, 0.1) is 5.92 Å². The smallest absolute Gasteiger partial charge is 0.306 e. The fourth-order valence-electron chi connectivity index (χ4n) is 0.976. The summed E-state index contributed by atoms with van der Waals surface area (Å²) in [7, 11) is 0. The van der Waals surface area contributed by atoms with Gasteiger partial charge in [-0.3, -0.25) is 4.79 Å². The lowest BCUT2D eigenvalue weighted by atomic mass is 10.0. The number of hydrogen-bond acceptors (Lipinski definition) is 2. The highest BCUT2D eigenvalue weighted by Gasteiger charge is 2.12. The second-order valence-electron chi connectivity index (χ2n) is 3.08. The van der Waals surface area contributed by atoms with Gasteiger partial charge in [-0.25, -0.2) is 0 Å². The number of ether oxygens (including phenoxy) is 1. The summed E-state index contributed by atoms with van der Waals surface area (Å²) < 4.78 is 5.28. The van der Waals surface area contributed by atoms with Gasteiger partial charge in [0.1, 0.15) is 0 Å². The average molecular weight is 174 g/mol. The number of carboxylic acids is 1. The van der Waals surface area contributed by atoms with E-state index >= 15 is 0 Å². The first-order chi connectivity index (χ1) is 5.57. The predicted molar refractivity (Wildman–Crippen MR) is 47.1 cm³/mol. The highest BCUT2D eigenvalue weighted by molar-refractivity contribution is 5.69. The molecule has 2 atom stereocenters. The minimum atomic E-state index is -0.723. The molecule has 0 heterocycles. The van der Waals surface area contributed by atoms with E-state index in [9.17, 15) is 4.79 Å². The molecule has 0 aliphatic carbocycles. The molecule has 0 saturated carbocycles. The van der Waals surface area contributed by atoms with E-state index in [0.717, 1.165) is 6.42 Å². The van der Waals surface area contributed by atoms with Gasteiger partial charge in [-0.15, -0.1) is 0 Å². The van der Waals surface area contributed by atoms with Crippen molar-refractivity contribution in [3.05, 3.63) is 0 Å². The molecule has 0 bridgehead atoms. The highest BCUT2D eigenvalue weighted by atomic mass is 16.5. The third-order valence-electron chi connectivity index (χ3n) is 1.88. The van der Waals surface area contributed by atoms with E-state index in [1.165, 1.54) is 0 Å². The fourth-order valence-corrected chi connectivity index (χ4v) is 0.976. The van der Waals surface area contributed by atoms with E-state index in [1.807, 2.05) is 13.8 Å². The fraction of sp³-hybridized carbons (Fsp3) is 0.889. The van der Waals surface area contributed by atoms with Crippen LogP contribution in [0.2, 0.25) is 0 Å². The molecule has 0 radical (unpaired) electrons. The third-order valence-corrected chi connectivity index (χ3v) is 1.88. The standard InChI is InChI=1S/C9H18O3/c1-4-12-8(3)6-5-7(2)9(10)11/h7-8H,4-6H2,1-3H3,(H,10,11). The Balaban J connectivity index is 3.46. The molecule has 1 N–H and O–H groups in total. The summed E-state index contributed by atoms with van der Waals surface area (Å²) in [5, 5.41) is 8.58. The van der Waals surface area contributed by atoms with Crippen LogP contribution in [0.1, 0.15) is 33.6 Å². The summed E-state index contributed by atoms with van der Waals surface area (Å²) >= 11 is 0. The van der Waals surface area contributed by atoms with Crippen molar-refractivity contribution < 1.29 is 14.6 Å². The van der Waals surface area contributed by atoms with Crippen LogP contribution < -0.4 is 0 Å². The molecule has 0 spiro atoms. The average Bonchev–Trinajstić information content (AvgIpc) is 2.00. The second kappa shape index (κ2) is 6.00. The lowest BCUT2D eigenvalue weighted by Crippen LogP contribution is -2.14. The second-order valence-corrected chi connectivity index (χ2v) is 3.08. The molecule has 72 valence electrons. The molecule has 0 aliphatic rings. The Labute approximate surface area is 73.7 Å². The summed E-state index contributed by atoms with van der Waals surface area (Å²) in [6.07, 6.45) is 1.69. The number of carbonyl (C=O) groups is 1. The minimum Gasteiger partial charge on any atom is -0.481 e. The molecule has 12 heavy (non-hydrogen) atoms. The van der Waals surface area contributed by atoms with Crippen molar-refractivity contribution in [1.29, 1.82) is 0 Å². The van der Waals surface area contributed by atoms with Crippen molar-refractivity contribution >= 4 is 5.97 Å². The van der Waals surface area contributed by atoms with Crippen LogP contribution in [0.4, 0.5) is 0 Å². The van der Waals surface area contributed by atoms with Crippen LogP contribution in [0.5, 0.6) is 0 Å². The number of hydrogen-bond donors (Lipinski definition) is 1. The molecule has 0 rings (SSSR count). The van der Waals surface area contributed by atoms with Gasteiger partial charge in [0.25, 0.3) is 0 Å². The molecular formula is C9H18O3. The molecule has 0 aliphatic heterocycles. The Morgan fingerprint density at radius 2 is 2.00 bits per heavy atom. The number of carboxylic acid groups (broad SMARTS) is 1. The van der Waals surface area contributed by atoms with Gasteiger partial charge in [-0.05, 0) is 26.7 Å². The van der Waals surface area contributed by atoms with Gasteiger partial charge < -0.3 is 9.84 Å². The first kappa shape index (κ1) is 11.4. The first-order valence-corrected chi connectivity index (χ1v) is 4.42.